The van der Waals surface area contributed by atoms with Gasteiger partial charge in [0.15, 0.2) is 11.9 Å². The molecule has 3 aliphatic heterocycles. The molecule has 6 rings (SSSR count). The maximum absolute atomic E-state index is 13.0. The van der Waals surface area contributed by atoms with Gasteiger partial charge in [-0.2, -0.15) is 4.98 Å². The summed E-state index contributed by atoms with van der Waals surface area (Å²) in [4.78, 5) is 19.6. The topological polar surface area (TPSA) is 84.3 Å². The highest BCUT2D eigenvalue weighted by atomic mass is 16.6. The largest absolute Gasteiger partial charge is 0.492 e. The molecule has 1 atom stereocenters. The molecule has 0 amide bonds. The highest BCUT2D eigenvalue weighted by Crippen LogP contribution is 2.34. The molecule has 1 aromatic carbocycles. The molecule has 1 aromatic heterocycles. The zero-order chi connectivity index (χ0) is 25.7. The Kier molecular flexibility index (Phi) is 7.28. The molecular weight excluding hydrogens is 486 g/mol. The van der Waals surface area contributed by atoms with Crippen molar-refractivity contribution in [2.24, 2.45) is 0 Å². The molecule has 1 saturated heterocycles. The first-order chi connectivity index (χ1) is 18.7. The van der Waals surface area contributed by atoms with Crippen molar-refractivity contribution in [2.75, 3.05) is 39.5 Å². The number of aromatic nitrogens is 2. The molecule has 1 fully saturated rings. The van der Waals surface area contributed by atoms with E-state index < -0.39 is 6.10 Å². The Morgan fingerprint density at radius 2 is 2.00 bits per heavy atom. The number of aryl methyl sites for hydroxylation is 1. The Morgan fingerprint density at radius 1 is 1.08 bits per heavy atom. The van der Waals surface area contributed by atoms with E-state index in [1.165, 1.54) is 18.8 Å². The summed E-state index contributed by atoms with van der Waals surface area (Å²) in [5.41, 5.74) is 3.60. The first-order valence-electron chi connectivity index (χ1n) is 13.1. The minimum absolute atomic E-state index is 0.249. The van der Waals surface area contributed by atoms with E-state index >= 15 is 0 Å². The number of nitrogens with zero attached hydrogens (tertiary/aromatic N) is 3. The zero-order valence-corrected chi connectivity index (χ0v) is 21.2. The van der Waals surface area contributed by atoms with E-state index in [2.05, 4.69) is 22.0 Å². The van der Waals surface area contributed by atoms with Gasteiger partial charge in [-0.15, -0.1) is 0 Å². The van der Waals surface area contributed by atoms with Gasteiger partial charge in [0, 0.05) is 37.8 Å². The Bertz CT molecular complexity index is 1350. The quantitative estimate of drug-likeness (QED) is 0.526. The van der Waals surface area contributed by atoms with Gasteiger partial charge in [0.25, 0.3) is 0 Å². The van der Waals surface area contributed by atoms with Crippen LogP contribution in [0.5, 0.6) is 11.6 Å². The van der Waals surface area contributed by atoms with Gasteiger partial charge in [-0.25, -0.2) is 4.79 Å². The molecule has 0 bridgehead atoms. The van der Waals surface area contributed by atoms with Gasteiger partial charge in [-0.05, 0) is 48.6 Å². The fourth-order valence-electron chi connectivity index (χ4n) is 5.12. The van der Waals surface area contributed by atoms with Crippen LogP contribution >= 0.6 is 0 Å². The molecule has 4 heterocycles. The van der Waals surface area contributed by atoms with Gasteiger partial charge in [0.1, 0.15) is 31.1 Å². The smallest absolute Gasteiger partial charge is 0.351 e. The summed E-state index contributed by atoms with van der Waals surface area (Å²) < 4.78 is 30.5. The summed E-state index contributed by atoms with van der Waals surface area (Å²) in [6.07, 6.45) is 12.5. The second-order valence-electron chi connectivity index (χ2n) is 9.54. The molecule has 1 aliphatic carbocycles. The fourth-order valence-corrected chi connectivity index (χ4v) is 5.12. The van der Waals surface area contributed by atoms with Crippen molar-refractivity contribution in [3.05, 3.63) is 88.7 Å². The lowest BCUT2D eigenvalue weighted by Crippen LogP contribution is -2.38. The number of ether oxygens (including phenoxy) is 5. The predicted octanol–water partition coefficient (Wildman–Crippen LogP) is 3.56. The van der Waals surface area contributed by atoms with Crippen LogP contribution in [0.4, 0.5) is 0 Å². The number of morpholine rings is 1. The first-order valence-corrected chi connectivity index (χ1v) is 13.1. The van der Waals surface area contributed by atoms with Gasteiger partial charge in [-0.1, -0.05) is 18.2 Å². The molecule has 0 radical (unpaired) electrons. The summed E-state index contributed by atoms with van der Waals surface area (Å²) in [6.45, 7) is 5.50. The van der Waals surface area contributed by atoms with Crippen molar-refractivity contribution in [1.29, 1.82) is 0 Å². The lowest BCUT2D eigenvalue weighted by Gasteiger charge is -2.27. The Hall–Kier alpha value is -3.82. The maximum Gasteiger partial charge on any atom is 0.351 e. The lowest BCUT2D eigenvalue weighted by molar-refractivity contribution is 0.0322. The van der Waals surface area contributed by atoms with Crippen LogP contribution in [-0.2, 0) is 27.2 Å². The number of allylic oxidation sites excluding steroid dienone is 3. The van der Waals surface area contributed by atoms with Crippen molar-refractivity contribution in [2.45, 2.75) is 31.9 Å². The van der Waals surface area contributed by atoms with Crippen molar-refractivity contribution in [3.8, 4) is 22.9 Å². The number of hydrogen-bond acceptors (Lipinski definition) is 8. The van der Waals surface area contributed by atoms with E-state index in [9.17, 15) is 4.79 Å². The lowest BCUT2D eigenvalue weighted by atomic mass is 9.97. The molecule has 9 nitrogen and oxygen atoms in total. The van der Waals surface area contributed by atoms with E-state index in [-0.39, 0.29) is 11.6 Å². The standard InChI is InChI=1S/C29H31N3O6/c33-29-30-27(38-28(21-4-2-1-3-5-21)26-20-35-16-17-37-26)19-25-24-7-6-23(18-22(24)8-9-32(25)29)36-15-12-31-10-13-34-14-11-31/h1-2,4,6-7,16-20,28H,3,5,8-15H2. The summed E-state index contributed by atoms with van der Waals surface area (Å²) >= 11 is 0. The van der Waals surface area contributed by atoms with E-state index in [1.807, 2.05) is 30.4 Å². The second-order valence-corrected chi connectivity index (χ2v) is 9.54. The van der Waals surface area contributed by atoms with Gasteiger partial charge < -0.3 is 23.7 Å². The zero-order valence-electron chi connectivity index (χ0n) is 21.2. The van der Waals surface area contributed by atoms with E-state index in [0.717, 1.165) is 80.3 Å². The Balaban J connectivity index is 1.22. The van der Waals surface area contributed by atoms with Gasteiger partial charge in [0.05, 0.1) is 18.9 Å². The minimum Gasteiger partial charge on any atom is -0.492 e. The molecule has 198 valence electrons. The van der Waals surface area contributed by atoms with Crippen molar-refractivity contribution >= 4 is 0 Å². The number of hydrogen-bond donors (Lipinski definition) is 0. The van der Waals surface area contributed by atoms with Gasteiger partial charge in [0.2, 0.25) is 5.88 Å². The average molecular weight is 518 g/mol. The molecule has 0 N–H and O–H groups in total. The van der Waals surface area contributed by atoms with Crippen LogP contribution in [0.25, 0.3) is 11.3 Å². The fraction of sp³-hybridized carbons (Fsp3) is 0.379. The van der Waals surface area contributed by atoms with Crippen LogP contribution in [0.3, 0.4) is 0 Å². The van der Waals surface area contributed by atoms with E-state index in [4.69, 9.17) is 23.7 Å². The van der Waals surface area contributed by atoms with Gasteiger partial charge >= 0.3 is 5.69 Å². The molecule has 0 spiro atoms. The van der Waals surface area contributed by atoms with E-state index in [0.29, 0.717) is 18.9 Å². The average Bonchev–Trinajstić information content (AvgIpc) is 2.97. The Labute approximate surface area is 221 Å². The third-order valence-corrected chi connectivity index (χ3v) is 7.13. The van der Waals surface area contributed by atoms with Crippen molar-refractivity contribution in [3.63, 3.8) is 0 Å². The minimum atomic E-state index is -0.551. The number of benzene rings is 1. The highest BCUT2D eigenvalue weighted by molar-refractivity contribution is 5.67. The third-order valence-electron chi connectivity index (χ3n) is 7.13. The summed E-state index contributed by atoms with van der Waals surface area (Å²) in [7, 11) is 0. The van der Waals surface area contributed by atoms with Crippen molar-refractivity contribution < 1.29 is 23.7 Å². The van der Waals surface area contributed by atoms with Crippen LogP contribution in [0.2, 0.25) is 0 Å². The molecule has 9 heteroatoms. The summed E-state index contributed by atoms with van der Waals surface area (Å²) in [6, 6.07) is 7.90. The monoisotopic (exact) mass is 517 g/mol. The number of fused-ring (bicyclic) bond motifs is 3. The number of rotatable bonds is 8. The third kappa shape index (κ3) is 5.39. The van der Waals surface area contributed by atoms with Crippen LogP contribution in [0.1, 0.15) is 18.4 Å². The predicted molar refractivity (Wildman–Crippen MR) is 141 cm³/mol. The molecule has 4 aliphatic rings. The van der Waals surface area contributed by atoms with Gasteiger partial charge in [-0.3, -0.25) is 9.47 Å². The molecule has 2 aromatic rings. The van der Waals surface area contributed by atoms with Crippen molar-refractivity contribution in [1.82, 2.24) is 14.5 Å². The summed E-state index contributed by atoms with van der Waals surface area (Å²) in [5.74, 6) is 1.59. The summed E-state index contributed by atoms with van der Waals surface area (Å²) in [5, 5.41) is 0. The molecule has 1 unspecified atom stereocenters. The van der Waals surface area contributed by atoms with Crippen LogP contribution < -0.4 is 15.2 Å². The van der Waals surface area contributed by atoms with Crippen LogP contribution in [0, 0.1) is 0 Å². The molecule has 38 heavy (non-hydrogen) atoms. The normalized spacial score (nSPS) is 19.3. The Morgan fingerprint density at radius 3 is 2.82 bits per heavy atom. The van der Waals surface area contributed by atoms with E-state index in [1.54, 1.807) is 4.57 Å². The molecular formula is C29H31N3O6. The van der Waals surface area contributed by atoms with Crippen LogP contribution in [-0.4, -0.2) is 60.0 Å². The molecule has 0 saturated carbocycles. The first kappa shape index (κ1) is 24.5. The maximum atomic E-state index is 13.0. The van der Waals surface area contributed by atoms with Crippen LogP contribution in [0.15, 0.2) is 77.4 Å². The highest BCUT2D eigenvalue weighted by Gasteiger charge is 2.27. The SMILES string of the molecule is O=c1nc(OC(C2=CC=CCC2)C2=COC=CO2)cc2n1CCc1cc(OCCN3CCOCC3)ccc1-2. The second kappa shape index (κ2) is 11.3.